The number of nitrogens with one attached hydrogen (secondary N) is 1. The van der Waals surface area contributed by atoms with Crippen LogP contribution < -0.4 is 5.32 Å². The molecule has 0 spiro atoms. The lowest BCUT2D eigenvalue weighted by Crippen LogP contribution is -2.34. The molecule has 1 aliphatic rings. The molecule has 1 aliphatic heterocycles. The van der Waals surface area contributed by atoms with Gasteiger partial charge in [-0.15, -0.1) is 17.5 Å². The summed E-state index contributed by atoms with van der Waals surface area (Å²) in [6, 6.07) is 0.693. The van der Waals surface area contributed by atoms with Crippen molar-refractivity contribution in [2.75, 3.05) is 6.54 Å². The molecule has 1 unspecified atom stereocenters. The predicted octanol–water partition coefficient (Wildman–Crippen LogP) is 1.23. The number of piperidine rings is 1. The molecule has 0 radical (unpaired) electrons. The van der Waals surface area contributed by atoms with E-state index in [2.05, 4.69) is 15.6 Å². The molecule has 5 heteroatoms. The Bertz CT molecular complexity index is 231. The van der Waals surface area contributed by atoms with Gasteiger partial charge in [0.15, 0.2) is 0 Å². The first-order chi connectivity index (χ1) is 6.45. The topological polar surface area (TPSA) is 42.7 Å². The Hall–Kier alpha value is -0.610. The van der Waals surface area contributed by atoms with E-state index in [0.29, 0.717) is 6.04 Å². The van der Waals surface area contributed by atoms with E-state index in [4.69, 9.17) is 0 Å². The highest BCUT2D eigenvalue weighted by molar-refractivity contribution is 5.85. The van der Waals surface area contributed by atoms with Crippen molar-refractivity contribution in [3.8, 4) is 0 Å². The number of nitrogens with zero attached hydrogens (tertiary/aromatic N) is 3. The summed E-state index contributed by atoms with van der Waals surface area (Å²) in [5.41, 5.74) is 0. The second-order valence-corrected chi connectivity index (χ2v) is 3.60. The van der Waals surface area contributed by atoms with Crippen LogP contribution in [0.1, 0.15) is 25.7 Å². The maximum absolute atomic E-state index is 3.94. The zero-order valence-electron chi connectivity index (χ0n) is 8.22. The number of aryl methyl sites for hydroxylation is 1. The van der Waals surface area contributed by atoms with Gasteiger partial charge in [0.2, 0.25) is 0 Å². The molecule has 2 rings (SSSR count). The molecule has 0 aliphatic carbocycles. The van der Waals surface area contributed by atoms with Crippen LogP contribution in [0.3, 0.4) is 0 Å². The zero-order valence-corrected chi connectivity index (χ0v) is 9.04. The monoisotopic (exact) mass is 216 g/mol. The van der Waals surface area contributed by atoms with E-state index in [1.165, 1.54) is 32.2 Å². The van der Waals surface area contributed by atoms with Crippen LogP contribution in [0.25, 0.3) is 0 Å². The number of rotatable bonds is 3. The summed E-state index contributed by atoms with van der Waals surface area (Å²) in [7, 11) is 0. The fraction of sp³-hybridized carbons (Fsp3) is 0.778. The molecule has 1 atom stereocenters. The van der Waals surface area contributed by atoms with E-state index in [-0.39, 0.29) is 12.4 Å². The highest BCUT2D eigenvalue weighted by atomic mass is 35.5. The summed E-state index contributed by atoms with van der Waals surface area (Å²) in [6.07, 6.45) is 8.84. The molecule has 0 bridgehead atoms. The Balaban J connectivity index is 0.000000980. The lowest BCUT2D eigenvalue weighted by molar-refractivity contribution is 0.359. The molecule has 1 saturated heterocycles. The first-order valence-corrected chi connectivity index (χ1v) is 5.02. The largest absolute Gasteiger partial charge is 0.314 e. The standard InChI is InChI=1S/C9H16N4.ClH/c1-2-5-10-9(3-1)4-7-13-8-6-11-12-13;/h6,8-10H,1-5,7H2;1H. The third-order valence-corrected chi connectivity index (χ3v) is 2.59. The van der Waals surface area contributed by atoms with Crippen molar-refractivity contribution in [3.05, 3.63) is 12.4 Å². The van der Waals surface area contributed by atoms with Crippen LogP contribution in [0.5, 0.6) is 0 Å². The van der Waals surface area contributed by atoms with Crippen LogP contribution >= 0.6 is 12.4 Å². The van der Waals surface area contributed by atoms with E-state index >= 15 is 0 Å². The molecule has 2 heterocycles. The van der Waals surface area contributed by atoms with Crippen molar-refractivity contribution in [3.63, 3.8) is 0 Å². The molecule has 1 aromatic rings. The summed E-state index contributed by atoms with van der Waals surface area (Å²) < 4.78 is 1.90. The smallest absolute Gasteiger partial charge is 0.0692 e. The number of hydrogen-bond acceptors (Lipinski definition) is 3. The van der Waals surface area contributed by atoms with Crippen LogP contribution in [-0.4, -0.2) is 27.6 Å². The Morgan fingerprint density at radius 2 is 2.36 bits per heavy atom. The lowest BCUT2D eigenvalue weighted by Gasteiger charge is -2.23. The van der Waals surface area contributed by atoms with Crippen LogP contribution in [0.15, 0.2) is 12.4 Å². The molecule has 1 N–H and O–H groups in total. The zero-order chi connectivity index (χ0) is 8.93. The maximum atomic E-state index is 3.94. The first-order valence-electron chi connectivity index (χ1n) is 5.02. The van der Waals surface area contributed by atoms with Gasteiger partial charge in [-0.05, 0) is 25.8 Å². The summed E-state index contributed by atoms with van der Waals surface area (Å²) in [6.45, 7) is 2.17. The Labute approximate surface area is 90.5 Å². The van der Waals surface area contributed by atoms with Crippen LogP contribution in [-0.2, 0) is 6.54 Å². The number of hydrogen-bond donors (Lipinski definition) is 1. The Morgan fingerprint density at radius 3 is 3.00 bits per heavy atom. The van der Waals surface area contributed by atoms with Crippen LogP contribution in [0, 0.1) is 0 Å². The molecule has 0 amide bonds. The molecule has 14 heavy (non-hydrogen) atoms. The average Bonchev–Trinajstić information content (AvgIpc) is 2.69. The Morgan fingerprint density at radius 1 is 1.43 bits per heavy atom. The van der Waals surface area contributed by atoms with Gasteiger partial charge in [0.25, 0.3) is 0 Å². The normalized spacial score (nSPS) is 21.6. The summed E-state index contributed by atoms with van der Waals surface area (Å²) in [5.74, 6) is 0. The van der Waals surface area contributed by atoms with E-state index < -0.39 is 0 Å². The summed E-state index contributed by atoms with van der Waals surface area (Å²) in [4.78, 5) is 0. The third kappa shape index (κ3) is 3.27. The van der Waals surface area contributed by atoms with Crippen molar-refractivity contribution >= 4 is 12.4 Å². The second-order valence-electron chi connectivity index (χ2n) is 3.60. The predicted molar refractivity (Wildman–Crippen MR) is 57.5 cm³/mol. The van der Waals surface area contributed by atoms with Gasteiger partial charge in [0.1, 0.15) is 0 Å². The molecule has 4 nitrogen and oxygen atoms in total. The van der Waals surface area contributed by atoms with Crippen LogP contribution in [0.4, 0.5) is 0 Å². The molecule has 0 saturated carbocycles. The van der Waals surface area contributed by atoms with Gasteiger partial charge in [-0.25, -0.2) is 0 Å². The van der Waals surface area contributed by atoms with Gasteiger partial charge in [0.05, 0.1) is 6.20 Å². The highest BCUT2D eigenvalue weighted by Gasteiger charge is 2.11. The minimum Gasteiger partial charge on any atom is -0.314 e. The van der Waals surface area contributed by atoms with E-state index in [0.717, 1.165) is 6.54 Å². The van der Waals surface area contributed by atoms with Gasteiger partial charge < -0.3 is 5.32 Å². The SMILES string of the molecule is Cl.c1cn(CCC2CCCCN2)nn1. The Kier molecular flexibility index (Phi) is 4.90. The summed E-state index contributed by atoms with van der Waals surface area (Å²) >= 11 is 0. The number of halogens is 1. The molecule has 1 fully saturated rings. The van der Waals surface area contributed by atoms with Gasteiger partial charge >= 0.3 is 0 Å². The quantitative estimate of drug-likeness (QED) is 0.827. The van der Waals surface area contributed by atoms with Crippen molar-refractivity contribution in [1.82, 2.24) is 20.3 Å². The van der Waals surface area contributed by atoms with E-state index in [1.54, 1.807) is 6.20 Å². The van der Waals surface area contributed by atoms with Crippen molar-refractivity contribution < 1.29 is 0 Å². The van der Waals surface area contributed by atoms with Gasteiger partial charge in [-0.2, -0.15) is 0 Å². The van der Waals surface area contributed by atoms with Gasteiger partial charge in [-0.3, -0.25) is 4.68 Å². The van der Waals surface area contributed by atoms with Gasteiger partial charge in [0, 0.05) is 18.8 Å². The van der Waals surface area contributed by atoms with E-state index in [1.807, 2.05) is 10.9 Å². The van der Waals surface area contributed by atoms with Crippen LogP contribution in [0.2, 0.25) is 0 Å². The minimum atomic E-state index is 0. The van der Waals surface area contributed by atoms with Crippen molar-refractivity contribution in [2.45, 2.75) is 38.3 Å². The third-order valence-electron chi connectivity index (χ3n) is 2.59. The maximum Gasteiger partial charge on any atom is 0.0692 e. The van der Waals surface area contributed by atoms with Gasteiger partial charge in [-0.1, -0.05) is 11.6 Å². The summed E-state index contributed by atoms with van der Waals surface area (Å²) in [5, 5.41) is 11.2. The fourth-order valence-corrected chi connectivity index (χ4v) is 1.81. The first kappa shape index (κ1) is 11.5. The molecule has 1 aromatic heterocycles. The number of aromatic nitrogens is 3. The molecule has 0 aromatic carbocycles. The van der Waals surface area contributed by atoms with Crippen molar-refractivity contribution in [2.24, 2.45) is 0 Å². The fourth-order valence-electron chi connectivity index (χ4n) is 1.81. The lowest BCUT2D eigenvalue weighted by atomic mass is 10.0. The molecular formula is C9H17ClN4. The van der Waals surface area contributed by atoms with E-state index in [9.17, 15) is 0 Å². The molecule has 80 valence electrons. The molecular weight excluding hydrogens is 200 g/mol. The van der Waals surface area contributed by atoms with Crippen molar-refractivity contribution in [1.29, 1.82) is 0 Å². The minimum absolute atomic E-state index is 0. The average molecular weight is 217 g/mol. The highest BCUT2D eigenvalue weighted by Crippen LogP contribution is 2.10. The second kappa shape index (κ2) is 5.98.